The fourth-order valence-corrected chi connectivity index (χ4v) is 2.02. The van der Waals surface area contributed by atoms with E-state index in [-0.39, 0.29) is 5.91 Å². The van der Waals surface area contributed by atoms with E-state index in [1.165, 1.54) is 0 Å². The smallest absolute Gasteiger partial charge is 0.238 e. The van der Waals surface area contributed by atoms with Crippen molar-refractivity contribution in [3.8, 4) is 0 Å². The van der Waals surface area contributed by atoms with E-state index in [0.29, 0.717) is 24.5 Å². The predicted octanol–water partition coefficient (Wildman–Crippen LogP) is 2.12. The van der Waals surface area contributed by atoms with Gasteiger partial charge in [0.1, 0.15) is 0 Å². The maximum atomic E-state index is 12.1. The molecule has 21 heavy (non-hydrogen) atoms. The standard InChI is InChI=1S/C16H20N4O/c1-2-20(11-15-7-3-4-9-18-15)12-16(21)19-14-8-5-6-13(17)10-14/h3-10H,2,11-12,17H2,1H3,(H,19,21). The van der Waals surface area contributed by atoms with Crippen LogP contribution in [0.15, 0.2) is 48.7 Å². The zero-order valence-electron chi connectivity index (χ0n) is 12.1. The van der Waals surface area contributed by atoms with Gasteiger partial charge in [0, 0.05) is 24.1 Å². The Bertz CT molecular complexity index is 586. The molecule has 0 saturated carbocycles. The van der Waals surface area contributed by atoms with Gasteiger partial charge in [0.2, 0.25) is 5.91 Å². The number of hydrogen-bond donors (Lipinski definition) is 2. The van der Waals surface area contributed by atoms with Gasteiger partial charge in [-0.3, -0.25) is 14.7 Å². The van der Waals surface area contributed by atoms with Crippen molar-refractivity contribution in [3.63, 3.8) is 0 Å². The third-order valence-electron chi connectivity index (χ3n) is 3.10. The van der Waals surface area contributed by atoms with Gasteiger partial charge in [0.25, 0.3) is 0 Å². The van der Waals surface area contributed by atoms with Crippen molar-refractivity contribution in [1.29, 1.82) is 0 Å². The van der Waals surface area contributed by atoms with Crippen molar-refractivity contribution in [2.75, 3.05) is 24.1 Å². The van der Waals surface area contributed by atoms with Crippen molar-refractivity contribution in [2.45, 2.75) is 13.5 Å². The SMILES string of the molecule is CCN(CC(=O)Nc1cccc(N)c1)Cc1ccccn1. The second-order valence-corrected chi connectivity index (χ2v) is 4.80. The van der Waals surface area contributed by atoms with Gasteiger partial charge in [-0.05, 0) is 36.9 Å². The number of rotatable bonds is 6. The monoisotopic (exact) mass is 284 g/mol. The molecule has 0 aliphatic rings. The van der Waals surface area contributed by atoms with E-state index in [0.717, 1.165) is 12.2 Å². The molecule has 0 aliphatic carbocycles. The highest BCUT2D eigenvalue weighted by molar-refractivity contribution is 5.92. The molecule has 5 heteroatoms. The number of pyridine rings is 1. The number of carbonyl (C=O) groups is 1. The van der Waals surface area contributed by atoms with Gasteiger partial charge in [0.05, 0.1) is 12.2 Å². The Kier molecular flexibility index (Phi) is 5.29. The fraction of sp³-hybridized carbons (Fsp3) is 0.250. The summed E-state index contributed by atoms with van der Waals surface area (Å²) in [5, 5.41) is 2.85. The summed E-state index contributed by atoms with van der Waals surface area (Å²) in [5.41, 5.74) is 8.00. The number of hydrogen-bond acceptors (Lipinski definition) is 4. The van der Waals surface area contributed by atoms with Crippen LogP contribution in [0.25, 0.3) is 0 Å². The summed E-state index contributed by atoms with van der Waals surface area (Å²) in [6.07, 6.45) is 1.76. The van der Waals surface area contributed by atoms with Gasteiger partial charge >= 0.3 is 0 Å². The van der Waals surface area contributed by atoms with Gasteiger partial charge < -0.3 is 11.1 Å². The quantitative estimate of drug-likeness (QED) is 0.797. The van der Waals surface area contributed by atoms with Crippen LogP contribution in [0.3, 0.4) is 0 Å². The van der Waals surface area contributed by atoms with Crippen molar-refractivity contribution >= 4 is 17.3 Å². The van der Waals surface area contributed by atoms with E-state index in [4.69, 9.17) is 5.73 Å². The zero-order valence-corrected chi connectivity index (χ0v) is 12.1. The Balaban J connectivity index is 1.90. The molecular formula is C16H20N4O. The molecule has 0 spiro atoms. The number of anilines is 2. The van der Waals surface area contributed by atoms with E-state index in [2.05, 4.69) is 10.3 Å². The first kappa shape index (κ1) is 15.0. The van der Waals surface area contributed by atoms with Crippen LogP contribution < -0.4 is 11.1 Å². The lowest BCUT2D eigenvalue weighted by atomic mass is 10.3. The topological polar surface area (TPSA) is 71.2 Å². The van der Waals surface area contributed by atoms with Crippen molar-refractivity contribution in [1.82, 2.24) is 9.88 Å². The average Bonchev–Trinajstić information content (AvgIpc) is 2.47. The molecule has 2 aromatic rings. The molecule has 0 aliphatic heterocycles. The minimum Gasteiger partial charge on any atom is -0.399 e. The number of aromatic nitrogens is 1. The lowest BCUT2D eigenvalue weighted by Crippen LogP contribution is -2.33. The summed E-state index contributed by atoms with van der Waals surface area (Å²) in [6.45, 7) is 3.78. The van der Waals surface area contributed by atoms with E-state index >= 15 is 0 Å². The molecule has 1 aromatic carbocycles. The van der Waals surface area contributed by atoms with Crippen LogP contribution in [0.1, 0.15) is 12.6 Å². The Morgan fingerprint density at radius 1 is 1.29 bits per heavy atom. The predicted molar refractivity (Wildman–Crippen MR) is 84.7 cm³/mol. The van der Waals surface area contributed by atoms with Crippen molar-refractivity contribution < 1.29 is 4.79 Å². The number of nitrogen functional groups attached to an aromatic ring is 1. The summed E-state index contributed by atoms with van der Waals surface area (Å²) in [7, 11) is 0. The fourth-order valence-electron chi connectivity index (χ4n) is 2.02. The Labute approximate surface area is 124 Å². The summed E-state index contributed by atoms with van der Waals surface area (Å²) in [6, 6.07) is 13.0. The summed E-state index contributed by atoms with van der Waals surface area (Å²) >= 11 is 0. The first-order valence-electron chi connectivity index (χ1n) is 6.95. The molecule has 110 valence electrons. The highest BCUT2D eigenvalue weighted by Crippen LogP contribution is 2.11. The van der Waals surface area contributed by atoms with Crippen LogP contribution in [-0.2, 0) is 11.3 Å². The summed E-state index contributed by atoms with van der Waals surface area (Å²) < 4.78 is 0. The number of likely N-dealkylation sites (N-methyl/N-ethyl adjacent to an activating group) is 1. The van der Waals surface area contributed by atoms with E-state index in [1.807, 2.05) is 42.2 Å². The minimum atomic E-state index is -0.0571. The molecule has 0 fully saturated rings. The number of nitrogens with zero attached hydrogens (tertiary/aromatic N) is 2. The number of nitrogens with two attached hydrogens (primary N) is 1. The molecule has 1 amide bonds. The lowest BCUT2D eigenvalue weighted by molar-refractivity contribution is -0.117. The van der Waals surface area contributed by atoms with Gasteiger partial charge in [-0.15, -0.1) is 0 Å². The molecule has 1 aromatic heterocycles. The van der Waals surface area contributed by atoms with E-state index in [9.17, 15) is 4.79 Å². The van der Waals surface area contributed by atoms with Crippen LogP contribution in [0.4, 0.5) is 11.4 Å². The first-order chi connectivity index (χ1) is 10.2. The molecule has 0 radical (unpaired) electrons. The van der Waals surface area contributed by atoms with Crippen LogP contribution in [0.2, 0.25) is 0 Å². The highest BCUT2D eigenvalue weighted by atomic mass is 16.2. The third-order valence-corrected chi connectivity index (χ3v) is 3.10. The Morgan fingerprint density at radius 2 is 2.14 bits per heavy atom. The molecule has 3 N–H and O–H groups in total. The normalized spacial score (nSPS) is 10.6. The minimum absolute atomic E-state index is 0.0571. The molecule has 0 saturated heterocycles. The zero-order chi connectivity index (χ0) is 15.1. The second-order valence-electron chi connectivity index (χ2n) is 4.80. The van der Waals surface area contributed by atoms with Gasteiger partial charge in [-0.25, -0.2) is 0 Å². The van der Waals surface area contributed by atoms with Crippen LogP contribution in [0, 0.1) is 0 Å². The van der Waals surface area contributed by atoms with Crippen LogP contribution in [-0.4, -0.2) is 28.9 Å². The molecule has 2 rings (SSSR count). The summed E-state index contributed by atoms with van der Waals surface area (Å²) in [5.74, 6) is -0.0571. The molecular weight excluding hydrogens is 264 g/mol. The first-order valence-corrected chi connectivity index (χ1v) is 6.95. The maximum Gasteiger partial charge on any atom is 0.238 e. The molecule has 5 nitrogen and oxygen atoms in total. The van der Waals surface area contributed by atoms with Crippen molar-refractivity contribution in [2.24, 2.45) is 0 Å². The molecule has 1 heterocycles. The van der Waals surface area contributed by atoms with Gasteiger partial charge in [-0.1, -0.05) is 19.1 Å². The summed E-state index contributed by atoms with van der Waals surface area (Å²) in [4.78, 5) is 18.4. The van der Waals surface area contributed by atoms with E-state index in [1.54, 1.807) is 18.3 Å². The third kappa shape index (κ3) is 4.89. The maximum absolute atomic E-state index is 12.1. The lowest BCUT2D eigenvalue weighted by Gasteiger charge is -2.19. The Morgan fingerprint density at radius 3 is 2.81 bits per heavy atom. The number of carbonyl (C=O) groups excluding carboxylic acids is 1. The van der Waals surface area contributed by atoms with Gasteiger partial charge in [0.15, 0.2) is 0 Å². The second kappa shape index (κ2) is 7.40. The van der Waals surface area contributed by atoms with Crippen LogP contribution >= 0.6 is 0 Å². The Hall–Kier alpha value is -2.40. The van der Waals surface area contributed by atoms with Gasteiger partial charge in [-0.2, -0.15) is 0 Å². The number of nitrogens with one attached hydrogen (secondary N) is 1. The largest absolute Gasteiger partial charge is 0.399 e. The van der Waals surface area contributed by atoms with Crippen molar-refractivity contribution in [3.05, 3.63) is 54.4 Å². The molecule has 0 bridgehead atoms. The molecule has 0 atom stereocenters. The number of benzene rings is 1. The molecule has 0 unspecified atom stereocenters. The highest BCUT2D eigenvalue weighted by Gasteiger charge is 2.10. The van der Waals surface area contributed by atoms with Crippen LogP contribution in [0.5, 0.6) is 0 Å². The average molecular weight is 284 g/mol. The van der Waals surface area contributed by atoms with E-state index < -0.39 is 0 Å². The number of amides is 1.